The number of nitrogens with one attached hydrogen (secondary N) is 2. The van der Waals surface area contributed by atoms with Gasteiger partial charge in [-0.2, -0.15) is 0 Å². The van der Waals surface area contributed by atoms with Gasteiger partial charge >= 0.3 is 0 Å². The molecule has 1 aliphatic rings. The first-order chi connectivity index (χ1) is 18.8. The zero-order chi connectivity index (χ0) is 25.5. The topological polar surface area (TPSA) is 59.3 Å². The highest BCUT2D eigenvalue weighted by molar-refractivity contribution is 5.99. The fourth-order valence-electron chi connectivity index (χ4n) is 5.85. The number of ether oxygens (including phenoxy) is 3. The Kier molecular flexibility index (Phi) is 5.22. The first kappa shape index (κ1) is 22.3. The first-order valence-corrected chi connectivity index (χ1v) is 12.6. The van der Waals surface area contributed by atoms with Gasteiger partial charge in [-0.25, -0.2) is 0 Å². The van der Waals surface area contributed by atoms with Crippen molar-refractivity contribution in [3.63, 3.8) is 0 Å². The number of H-pyrrole nitrogens is 2. The molecule has 7 rings (SSSR count). The smallest absolute Gasteiger partial charge is 0.231 e. The molecule has 38 heavy (non-hydrogen) atoms. The Labute approximate surface area is 220 Å². The number of aromatic amines is 2. The Hall–Kier alpha value is -4.90. The van der Waals surface area contributed by atoms with Gasteiger partial charge < -0.3 is 24.2 Å². The summed E-state index contributed by atoms with van der Waals surface area (Å²) in [5.41, 5.74) is 6.60. The summed E-state index contributed by atoms with van der Waals surface area (Å²) in [6.45, 7) is 0.213. The van der Waals surface area contributed by atoms with Crippen LogP contribution in [0.15, 0.2) is 115 Å². The molecule has 1 atom stereocenters. The van der Waals surface area contributed by atoms with Crippen LogP contribution in [0.1, 0.15) is 22.5 Å². The lowest BCUT2D eigenvalue weighted by Crippen LogP contribution is -2.33. The Morgan fingerprint density at radius 3 is 2.39 bits per heavy atom. The van der Waals surface area contributed by atoms with Crippen LogP contribution < -0.4 is 14.2 Å². The molecule has 0 fully saturated rings. The monoisotopic (exact) mass is 498 g/mol. The van der Waals surface area contributed by atoms with Gasteiger partial charge in [0, 0.05) is 39.6 Å². The second kappa shape index (κ2) is 8.89. The maximum atomic E-state index is 6.02. The molecule has 0 saturated carbocycles. The van der Waals surface area contributed by atoms with E-state index in [9.17, 15) is 0 Å². The van der Waals surface area contributed by atoms with E-state index in [1.54, 1.807) is 7.11 Å². The third-order valence-corrected chi connectivity index (χ3v) is 7.46. The normalized spacial score (nSPS) is 13.9. The molecular formula is C33H26N2O3. The van der Waals surface area contributed by atoms with Crippen molar-refractivity contribution in [3.05, 3.63) is 138 Å². The molecule has 0 amide bonds. The van der Waals surface area contributed by atoms with Crippen molar-refractivity contribution in [2.75, 3.05) is 13.9 Å². The third kappa shape index (κ3) is 3.25. The van der Waals surface area contributed by atoms with Crippen molar-refractivity contribution in [1.82, 2.24) is 9.97 Å². The largest absolute Gasteiger partial charge is 0.496 e. The number of hydrogen-bond acceptors (Lipinski definition) is 3. The molecule has 5 nitrogen and oxygen atoms in total. The quantitative estimate of drug-likeness (QED) is 0.254. The molecule has 4 aromatic carbocycles. The fraction of sp³-hybridized carbons (Fsp3) is 0.0909. The first-order valence-electron chi connectivity index (χ1n) is 12.6. The number of rotatable bonds is 6. The summed E-state index contributed by atoms with van der Waals surface area (Å²) in [4.78, 5) is 7.43. The lowest BCUT2D eigenvalue weighted by molar-refractivity contribution is 0.174. The van der Waals surface area contributed by atoms with Gasteiger partial charge in [0.05, 0.1) is 7.11 Å². The zero-order valence-corrected chi connectivity index (χ0v) is 20.9. The molecule has 6 aromatic rings. The van der Waals surface area contributed by atoms with E-state index in [0.29, 0.717) is 0 Å². The van der Waals surface area contributed by atoms with Gasteiger partial charge in [-0.1, -0.05) is 72.8 Å². The number of methoxy groups -OCH3 is 1. The molecule has 0 spiro atoms. The molecule has 0 radical (unpaired) electrons. The molecule has 2 aromatic heterocycles. The average molecular weight is 499 g/mol. The standard InChI is InChI=1S/C33H26N2O3/c1-36-27-15-8-6-13-25(27)33(30-16-9-19-34-30,23-17-18-28-29(20-23)38-21-37-28)32-31(22-10-3-2-4-11-22)24-12-5-7-14-26(24)35-32/h2-20,34-35H,21H2,1H3/t33-/m0/s1. The summed E-state index contributed by atoms with van der Waals surface area (Å²) in [5.74, 6) is 2.26. The van der Waals surface area contributed by atoms with Crippen LogP contribution in [0.3, 0.4) is 0 Å². The highest BCUT2D eigenvalue weighted by atomic mass is 16.7. The van der Waals surface area contributed by atoms with Gasteiger partial charge in [-0.3, -0.25) is 0 Å². The Bertz CT molecular complexity index is 1740. The van der Waals surface area contributed by atoms with Gasteiger partial charge in [0.1, 0.15) is 11.2 Å². The second-order valence-corrected chi connectivity index (χ2v) is 9.39. The van der Waals surface area contributed by atoms with Gasteiger partial charge in [0.25, 0.3) is 0 Å². The van der Waals surface area contributed by atoms with E-state index in [4.69, 9.17) is 14.2 Å². The Morgan fingerprint density at radius 1 is 0.763 bits per heavy atom. The minimum atomic E-state index is -0.804. The average Bonchev–Trinajstić information content (AvgIpc) is 3.75. The van der Waals surface area contributed by atoms with Gasteiger partial charge in [-0.05, 0) is 47.5 Å². The summed E-state index contributed by atoms with van der Waals surface area (Å²) in [5, 5.41) is 1.15. The third-order valence-electron chi connectivity index (χ3n) is 7.46. The summed E-state index contributed by atoms with van der Waals surface area (Å²) in [7, 11) is 1.72. The van der Waals surface area contributed by atoms with Crippen molar-refractivity contribution >= 4 is 10.9 Å². The number of fused-ring (bicyclic) bond motifs is 2. The van der Waals surface area contributed by atoms with Gasteiger partial charge in [-0.15, -0.1) is 0 Å². The van der Waals surface area contributed by atoms with E-state index in [2.05, 4.69) is 88.8 Å². The predicted octanol–water partition coefficient (Wildman–Crippen LogP) is 7.28. The maximum Gasteiger partial charge on any atom is 0.231 e. The number of aromatic nitrogens is 2. The highest BCUT2D eigenvalue weighted by Crippen LogP contribution is 2.53. The van der Waals surface area contributed by atoms with Gasteiger partial charge in [0.2, 0.25) is 6.79 Å². The molecule has 1 aliphatic heterocycles. The lowest BCUT2D eigenvalue weighted by Gasteiger charge is -2.36. The molecule has 5 heteroatoms. The number of hydrogen-bond donors (Lipinski definition) is 2. The van der Waals surface area contributed by atoms with Crippen molar-refractivity contribution in [2.24, 2.45) is 0 Å². The molecule has 0 aliphatic carbocycles. The van der Waals surface area contributed by atoms with E-state index in [-0.39, 0.29) is 6.79 Å². The van der Waals surface area contributed by atoms with Crippen molar-refractivity contribution in [1.29, 1.82) is 0 Å². The van der Waals surface area contributed by atoms with E-state index in [1.807, 2.05) is 36.5 Å². The Morgan fingerprint density at radius 2 is 1.55 bits per heavy atom. The van der Waals surface area contributed by atoms with Crippen LogP contribution >= 0.6 is 0 Å². The maximum absolute atomic E-state index is 6.02. The molecule has 2 N–H and O–H groups in total. The van der Waals surface area contributed by atoms with E-state index < -0.39 is 5.41 Å². The van der Waals surface area contributed by atoms with E-state index >= 15 is 0 Å². The lowest BCUT2D eigenvalue weighted by atomic mass is 9.67. The second-order valence-electron chi connectivity index (χ2n) is 9.39. The molecule has 3 heterocycles. The molecule has 0 bridgehead atoms. The molecular weight excluding hydrogens is 472 g/mol. The summed E-state index contributed by atoms with van der Waals surface area (Å²) in [6.07, 6.45) is 1.97. The molecule has 186 valence electrons. The fourth-order valence-corrected chi connectivity index (χ4v) is 5.85. The minimum Gasteiger partial charge on any atom is -0.496 e. The van der Waals surface area contributed by atoms with Crippen LogP contribution in [0.4, 0.5) is 0 Å². The summed E-state index contributed by atoms with van der Waals surface area (Å²) >= 11 is 0. The van der Waals surface area contributed by atoms with Crippen LogP contribution in [0.25, 0.3) is 22.0 Å². The predicted molar refractivity (Wildman–Crippen MR) is 149 cm³/mol. The molecule has 0 unspecified atom stereocenters. The number of benzene rings is 4. The van der Waals surface area contributed by atoms with Crippen LogP contribution in [0.2, 0.25) is 0 Å². The van der Waals surface area contributed by atoms with Crippen LogP contribution in [0, 0.1) is 0 Å². The zero-order valence-electron chi connectivity index (χ0n) is 20.9. The van der Waals surface area contributed by atoms with E-state index in [1.165, 1.54) is 0 Å². The van der Waals surface area contributed by atoms with Crippen LogP contribution in [-0.4, -0.2) is 23.9 Å². The van der Waals surface area contributed by atoms with Crippen molar-refractivity contribution in [3.8, 4) is 28.4 Å². The van der Waals surface area contributed by atoms with Crippen LogP contribution in [0.5, 0.6) is 17.2 Å². The summed E-state index contributed by atoms with van der Waals surface area (Å²) < 4.78 is 17.6. The van der Waals surface area contributed by atoms with Crippen molar-refractivity contribution in [2.45, 2.75) is 5.41 Å². The SMILES string of the molecule is COc1ccccc1[C@@](c1ccc2c(c1)OCO2)(c1ccc[nH]1)c1[nH]c2ccccc2c1-c1ccccc1. The molecule has 0 saturated heterocycles. The van der Waals surface area contributed by atoms with Gasteiger partial charge in [0.15, 0.2) is 11.5 Å². The van der Waals surface area contributed by atoms with E-state index in [0.717, 1.165) is 61.8 Å². The summed E-state index contributed by atoms with van der Waals surface area (Å²) in [6, 6.07) is 37.6. The van der Waals surface area contributed by atoms with Crippen LogP contribution in [-0.2, 0) is 5.41 Å². The minimum absolute atomic E-state index is 0.213. The van der Waals surface area contributed by atoms with Crippen molar-refractivity contribution < 1.29 is 14.2 Å². The highest BCUT2D eigenvalue weighted by Gasteiger charge is 2.45. The number of para-hydroxylation sites is 2. The Balaban J connectivity index is 1.68.